The van der Waals surface area contributed by atoms with Crippen molar-refractivity contribution in [3.8, 4) is 17.4 Å². The fourth-order valence-electron chi connectivity index (χ4n) is 7.98. The number of aromatic nitrogens is 3. The Morgan fingerprint density at radius 1 is 1.12 bits per heavy atom. The average Bonchev–Trinajstić information content (AvgIpc) is 3.47. The molecular weight excluding hydrogens is 511 g/mol. The zero-order valence-corrected chi connectivity index (χ0v) is 23.0. The summed E-state index contributed by atoms with van der Waals surface area (Å²) in [5.74, 6) is 2.85. The van der Waals surface area contributed by atoms with Crippen LogP contribution in [0.3, 0.4) is 0 Å². The standard InChI is InChI=1S/C31H35FN4O4/c1-2-38-27-33-15-23(39-27)21-4-3-5-22(14-21)36(26(37)30-16-31(32,17-30)18-30)19-28-8-11-29(12-9-28,13-10-28)25-34-24(35-40-25)20-6-7-20/h3-5,14-15,20H,2,6-13,16-19H2,1H3. The molecule has 40 heavy (non-hydrogen) atoms. The maximum atomic E-state index is 14.5. The lowest BCUT2D eigenvalue weighted by Gasteiger charge is -2.65. The fraction of sp³-hybridized carbons (Fsp3) is 0.613. The first-order valence-corrected chi connectivity index (χ1v) is 14.9. The molecule has 1 amide bonds. The number of carbonyl (C=O) groups excluding carboxylic acids is 1. The van der Waals surface area contributed by atoms with Crippen LogP contribution >= 0.6 is 0 Å². The maximum Gasteiger partial charge on any atom is 0.394 e. The van der Waals surface area contributed by atoms with E-state index in [9.17, 15) is 9.18 Å². The third-order valence-electron chi connectivity index (χ3n) is 10.6. The lowest BCUT2D eigenvalue weighted by atomic mass is 9.41. The second-order valence-corrected chi connectivity index (χ2v) is 13.3. The van der Waals surface area contributed by atoms with E-state index < -0.39 is 11.1 Å². The lowest BCUT2D eigenvalue weighted by Crippen LogP contribution is -2.71. The second-order valence-electron chi connectivity index (χ2n) is 13.3. The summed E-state index contributed by atoms with van der Waals surface area (Å²) in [6.07, 6.45) is 11.3. The molecule has 1 aromatic carbocycles. The first-order chi connectivity index (χ1) is 19.3. The highest BCUT2D eigenvalue weighted by atomic mass is 19.1. The summed E-state index contributed by atoms with van der Waals surface area (Å²) in [7, 11) is 0. The predicted molar refractivity (Wildman–Crippen MR) is 144 cm³/mol. The zero-order valence-electron chi connectivity index (χ0n) is 23.0. The van der Waals surface area contributed by atoms with E-state index in [0.29, 0.717) is 44.1 Å². The van der Waals surface area contributed by atoms with E-state index in [1.165, 1.54) is 0 Å². The Balaban J connectivity index is 1.06. The Hall–Kier alpha value is -3.23. The molecule has 8 nitrogen and oxygen atoms in total. The minimum atomic E-state index is -1.13. The van der Waals surface area contributed by atoms with Crippen molar-refractivity contribution in [3.63, 3.8) is 0 Å². The SMILES string of the molecule is CCOc1ncc(-c2cccc(N(CC34CCC(c5nc(C6CC6)no5)(CC3)CC4)C(=O)C34CC(F)(C3)C4)c2)o1. The molecule has 2 aromatic heterocycles. The van der Waals surface area contributed by atoms with Gasteiger partial charge in [-0.15, -0.1) is 0 Å². The smallest absolute Gasteiger partial charge is 0.394 e. The van der Waals surface area contributed by atoms with Crippen LogP contribution in [0.4, 0.5) is 10.1 Å². The summed E-state index contributed by atoms with van der Waals surface area (Å²) in [6.45, 7) is 3.00. The van der Waals surface area contributed by atoms with Gasteiger partial charge in [0, 0.05) is 29.1 Å². The Kier molecular flexibility index (Phi) is 5.15. The molecule has 0 atom stereocenters. The van der Waals surface area contributed by atoms with Crippen molar-refractivity contribution in [3.05, 3.63) is 42.2 Å². The summed E-state index contributed by atoms with van der Waals surface area (Å²) < 4.78 is 31.5. The van der Waals surface area contributed by atoms with Crippen molar-refractivity contribution in [2.45, 2.75) is 94.6 Å². The highest BCUT2D eigenvalue weighted by Crippen LogP contribution is 2.70. The van der Waals surface area contributed by atoms with E-state index in [2.05, 4.69) is 10.1 Å². The van der Waals surface area contributed by atoms with Crippen LogP contribution in [0.25, 0.3) is 11.3 Å². The highest BCUT2D eigenvalue weighted by Gasteiger charge is 2.73. The van der Waals surface area contributed by atoms with E-state index >= 15 is 0 Å². The average molecular weight is 547 g/mol. The topological polar surface area (TPSA) is 94.5 Å². The molecule has 7 saturated carbocycles. The molecule has 210 valence electrons. The number of hydrogen-bond acceptors (Lipinski definition) is 7. The molecule has 0 unspecified atom stereocenters. The van der Waals surface area contributed by atoms with E-state index in [1.54, 1.807) is 6.20 Å². The van der Waals surface area contributed by atoms with Gasteiger partial charge in [-0.25, -0.2) is 4.39 Å². The van der Waals surface area contributed by atoms with Crippen molar-refractivity contribution < 1.29 is 22.9 Å². The third kappa shape index (κ3) is 3.75. The molecular formula is C31H35FN4O4. The van der Waals surface area contributed by atoms with Gasteiger partial charge in [-0.3, -0.25) is 4.79 Å². The fourth-order valence-corrected chi connectivity index (χ4v) is 7.98. The molecule has 0 spiro atoms. The number of fused-ring (bicyclic) bond motifs is 3. The quantitative estimate of drug-likeness (QED) is 0.302. The molecule has 10 rings (SSSR count). The lowest BCUT2D eigenvalue weighted by molar-refractivity contribution is -0.211. The van der Waals surface area contributed by atoms with Crippen LogP contribution in [-0.2, 0) is 10.2 Å². The number of rotatable bonds is 9. The molecule has 9 heteroatoms. The molecule has 7 fully saturated rings. The van der Waals surface area contributed by atoms with Gasteiger partial charge < -0.3 is 18.6 Å². The van der Waals surface area contributed by atoms with E-state index in [1.807, 2.05) is 36.1 Å². The van der Waals surface area contributed by atoms with Gasteiger partial charge in [-0.05, 0) is 95.1 Å². The minimum Gasteiger partial charge on any atom is -0.450 e. The predicted octanol–water partition coefficient (Wildman–Crippen LogP) is 6.52. The number of nitrogens with zero attached hydrogens (tertiary/aromatic N) is 4. The first kappa shape index (κ1) is 24.6. The number of alkyl halides is 1. The Morgan fingerprint density at radius 2 is 1.88 bits per heavy atom. The van der Waals surface area contributed by atoms with Gasteiger partial charge in [0.15, 0.2) is 11.6 Å². The zero-order chi connectivity index (χ0) is 27.2. The number of anilines is 1. The maximum absolute atomic E-state index is 14.5. The molecule has 0 N–H and O–H groups in total. The number of benzene rings is 1. The van der Waals surface area contributed by atoms with Gasteiger partial charge in [-0.2, -0.15) is 9.97 Å². The Morgan fingerprint density at radius 3 is 2.55 bits per heavy atom. The molecule has 3 aromatic rings. The number of halogens is 1. The third-order valence-corrected chi connectivity index (χ3v) is 10.6. The summed E-state index contributed by atoms with van der Waals surface area (Å²) in [6, 6.07) is 7.88. The number of ether oxygens (including phenoxy) is 1. The van der Waals surface area contributed by atoms with E-state index in [-0.39, 0.29) is 22.8 Å². The summed E-state index contributed by atoms with van der Waals surface area (Å²) >= 11 is 0. The van der Waals surface area contributed by atoms with Gasteiger partial charge >= 0.3 is 6.08 Å². The Bertz CT molecular complexity index is 1430. The van der Waals surface area contributed by atoms with Crippen LogP contribution in [0.15, 0.2) is 39.4 Å². The molecule has 0 radical (unpaired) electrons. The van der Waals surface area contributed by atoms with Crippen molar-refractivity contribution in [1.29, 1.82) is 0 Å². The summed E-state index contributed by atoms with van der Waals surface area (Å²) in [5.41, 5.74) is -0.0212. The van der Waals surface area contributed by atoms with Crippen molar-refractivity contribution >= 4 is 11.6 Å². The summed E-state index contributed by atoms with van der Waals surface area (Å²) in [5, 5.41) is 4.30. The first-order valence-electron chi connectivity index (χ1n) is 14.9. The Labute approximate surface area is 232 Å². The highest BCUT2D eigenvalue weighted by molar-refractivity contribution is 6.00. The van der Waals surface area contributed by atoms with Gasteiger partial charge in [0.1, 0.15) is 5.67 Å². The molecule has 0 saturated heterocycles. The van der Waals surface area contributed by atoms with Crippen LogP contribution in [-0.4, -0.2) is 39.9 Å². The van der Waals surface area contributed by atoms with Crippen LogP contribution in [0, 0.1) is 10.8 Å². The summed E-state index contributed by atoms with van der Waals surface area (Å²) in [4.78, 5) is 25.2. The normalized spacial score (nSPS) is 33.8. The molecule has 7 aliphatic rings. The van der Waals surface area contributed by atoms with Crippen molar-refractivity contribution in [2.75, 3.05) is 18.1 Å². The van der Waals surface area contributed by atoms with Crippen LogP contribution in [0.5, 0.6) is 6.08 Å². The van der Waals surface area contributed by atoms with Gasteiger partial charge in [0.2, 0.25) is 11.8 Å². The van der Waals surface area contributed by atoms with Crippen molar-refractivity contribution in [2.24, 2.45) is 10.8 Å². The van der Waals surface area contributed by atoms with Gasteiger partial charge in [0.25, 0.3) is 0 Å². The number of oxazole rings is 1. The van der Waals surface area contributed by atoms with Crippen LogP contribution in [0.2, 0.25) is 0 Å². The monoisotopic (exact) mass is 546 g/mol. The van der Waals surface area contributed by atoms with Gasteiger partial charge in [-0.1, -0.05) is 17.3 Å². The molecule has 0 aliphatic heterocycles. The van der Waals surface area contributed by atoms with Gasteiger partial charge in [0.05, 0.1) is 18.2 Å². The van der Waals surface area contributed by atoms with Crippen LogP contribution < -0.4 is 9.64 Å². The molecule has 7 aliphatic carbocycles. The number of carbonyl (C=O) groups is 1. The minimum absolute atomic E-state index is 0.0259. The number of amides is 1. The molecule has 4 bridgehead atoms. The van der Waals surface area contributed by atoms with Crippen molar-refractivity contribution in [1.82, 2.24) is 15.1 Å². The number of hydrogen-bond donors (Lipinski definition) is 0. The van der Waals surface area contributed by atoms with E-state index in [0.717, 1.165) is 74.3 Å². The van der Waals surface area contributed by atoms with E-state index in [4.69, 9.17) is 18.7 Å². The molecule has 2 heterocycles. The second kappa shape index (κ2) is 8.40. The largest absolute Gasteiger partial charge is 0.450 e. The van der Waals surface area contributed by atoms with Crippen LogP contribution in [0.1, 0.15) is 95.2 Å².